The zero-order valence-electron chi connectivity index (χ0n) is 21.8. The maximum atomic E-state index is 13.3. The number of ether oxygens (including phenoxy) is 1. The summed E-state index contributed by atoms with van der Waals surface area (Å²) in [5.41, 5.74) is 3.19. The minimum atomic E-state index is -0.810. The molecule has 1 atom stereocenters. The van der Waals surface area contributed by atoms with E-state index < -0.39 is 12.0 Å². The lowest BCUT2D eigenvalue weighted by Crippen LogP contribution is -2.53. The summed E-state index contributed by atoms with van der Waals surface area (Å²) in [6.45, 7) is 8.75. The molecule has 10 heteroatoms. The fourth-order valence-electron chi connectivity index (χ4n) is 4.83. The lowest BCUT2D eigenvalue weighted by atomic mass is 9.94. The number of rotatable bonds is 7. The monoisotopic (exact) mass is 558 g/mol. The van der Waals surface area contributed by atoms with Crippen LogP contribution in [0.4, 0.5) is 4.79 Å². The van der Waals surface area contributed by atoms with Crippen molar-refractivity contribution in [1.82, 2.24) is 20.0 Å². The summed E-state index contributed by atoms with van der Waals surface area (Å²) >= 11 is 12.8. The molecule has 0 aromatic heterocycles. The van der Waals surface area contributed by atoms with E-state index in [-0.39, 0.29) is 23.6 Å². The predicted octanol–water partition coefficient (Wildman–Crippen LogP) is 4.66. The van der Waals surface area contributed by atoms with Gasteiger partial charge in [-0.25, -0.2) is 9.59 Å². The second kappa shape index (κ2) is 12.2. The van der Waals surface area contributed by atoms with Crippen molar-refractivity contribution < 1.29 is 19.1 Å². The fraction of sp³-hybridized carbons (Fsp3) is 0.393. The van der Waals surface area contributed by atoms with Crippen molar-refractivity contribution in [3.8, 4) is 0 Å². The molecule has 1 N–H and O–H groups in total. The zero-order valence-corrected chi connectivity index (χ0v) is 23.3. The normalized spacial score (nSPS) is 18.4. The van der Waals surface area contributed by atoms with Gasteiger partial charge in [-0.1, -0.05) is 53.0 Å². The molecule has 2 aliphatic heterocycles. The maximum absolute atomic E-state index is 13.3. The molecule has 0 radical (unpaired) electrons. The lowest BCUT2D eigenvalue weighted by Gasteiger charge is -2.40. The van der Waals surface area contributed by atoms with Crippen LogP contribution >= 0.6 is 23.2 Å². The summed E-state index contributed by atoms with van der Waals surface area (Å²) in [6.07, 6.45) is 0. The number of carbonyl (C=O) groups is 3. The molecule has 0 spiro atoms. The topological polar surface area (TPSA) is 82.2 Å². The van der Waals surface area contributed by atoms with Gasteiger partial charge in [0.05, 0.1) is 28.3 Å². The van der Waals surface area contributed by atoms with Crippen LogP contribution in [0.3, 0.4) is 0 Å². The van der Waals surface area contributed by atoms with Gasteiger partial charge < -0.3 is 15.0 Å². The van der Waals surface area contributed by atoms with E-state index in [4.69, 9.17) is 27.9 Å². The second-order valence-electron chi connectivity index (χ2n) is 9.29. The van der Waals surface area contributed by atoms with Crippen LogP contribution in [-0.2, 0) is 9.53 Å². The molecule has 0 bridgehead atoms. The Morgan fingerprint density at radius 2 is 1.71 bits per heavy atom. The number of hydrogen-bond acceptors (Lipinski definition) is 5. The van der Waals surface area contributed by atoms with Crippen LogP contribution in [0.15, 0.2) is 53.7 Å². The van der Waals surface area contributed by atoms with Gasteiger partial charge in [-0.05, 0) is 44.5 Å². The van der Waals surface area contributed by atoms with Gasteiger partial charge in [0.15, 0.2) is 0 Å². The molecule has 4 rings (SSSR count). The van der Waals surface area contributed by atoms with Crippen molar-refractivity contribution in [1.29, 1.82) is 0 Å². The number of nitrogens with one attached hydrogen (secondary N) is 1. The number of benzene rings is 2. The molecule has 8 nitrogen and oxygen atoms in total. The minimum Gasteiger partial charge on any atom is -0.463 e. The van der Waals surface area contributed by atoms with Gasteiger partial charge in [-0.3, -0.25) is 14.6 Å². The van der Waals surface area contributed by atoms with E-state index in [1.165, 1.54) is 0 Å². The number of amides is 3. The van der Waals surface area contributed by atoms with Crippen molar-refractivity contribution >= 4 is 41.1 Å². The molecule has 1 fully saturated rings. The highest BCUT2D eigenvalue weighted by Crippen LogP contribution is 2.38. The molecule has 0 aliphatic carbocycles. The number of piperazine rings is 1. The molecule has 2 heterocycles. The molecular weight excluding hydrogens is 527 g/mol. The molecule has 2 aromatic carbocycles. The van der Waals surface area contributed by atoms with Gasteiger partial charge in [-0.15, -0.1) is 0 Å². The Labute approximate surface area is 233 Å². The van der Waals surface area contributed by atoms with E-state index in [0.29, 0.717) is 66.7 Å². The van der Waals surface area contributed by atoms with E-state index in [1.807, 2.05) is 43.0 Å². The number of halogens is 2. The third-order valence-corrected chi connectivity index (χ3v) is 7.71. The summed E-state index contributed by atoms with van der Waals surface area (Å²) in [4.78, 5) is 45.0. The zero-order chi connectivity index (χ0) is 27.4. The smallest absolute Gasteiger partial charge is 0.338 e. The molecule has 0 saturated carbocycles. The number of aryl methyl sites for hydroxylation is 1. The Kier molecular flexibility index (Phi) is 8.97. The fourth-order valence-corrected chi connectivity index (χ4v) is 5.25. The first-order valence-corrected chi connectivity index (χ1v) is 13.5. The van der Waals surface area contributed by atoms with E-state index in [9.17, 15) is 14.4 Å². The van der Waals surface area contributed by atoms with E-state index in [1.54, 1.807) is 30.0 Å². The molecule has 2 aromatic rings. The van der Waals surface area contributed by atoms with E-state index >= 15 is 0 Å². The van der Waals surface area contributed by atoms with Gasteiger partial charge in [0, 0.05) is 50.5 Å². The first-order valence-electron chi connectivity index (χ1n) is 12.8. The van der Waals surface area contributed by atoms with Crippen molar-refractivity contribution in [3.05, 3.63) is 80.5 Å². The number of carbonyl (C=O) groups excluding carboxylic acids is 3. The predicted molar refractivity (Wildman–Crippen MR) is 147 cm³/mol. The highest BCUT2D eigenvalue weighted by Gasteiger charge is 2.39. The van der Waals surface area contributed by atoms with Crippen molar-refractivity contribution in [2.45, 2.75) is 26.8 Å². The Bertz CT molecular complexity index is 1240. The van der Waals surface area contributed by atoms with Crippen LogP contribution < -0.4 is 5.32 Å². The Morgan fingerprint density at radius 1 is 1.03 bits per heavy atom. The standard InChI is InChI=1S/C28H32Cl2N4O4/c1-4-34-22(17-32-13-15-33(16-14-32)26(35)19-11-9-18(3)10-12-19)23(27(36)38-5-2)25(31-28(34)37)20-7-6-8-21(29)24(20)30/h6-12,25H,4-5,13-17H2,1-3H3,(H,31,37)/t25-/m0/s1. The molecule has 0 unspecified atom stereocenters. The molecule has 2 aliphatic rings. The Morgan fingerprint density at radius 3 is 2.34 bits per heavy atom. The van der Waals surface area contributed by atoms with Crippen LogP contribution in [0.25, 0.3) is 0 Å². The van der Waals surface area contributed by atoms with E-state index in [0.717, 1.165) is 5.56 Å². The van der Waals surface area contributed by atoms with Gasteiger partial charge in [-0.2, -0.15) is 0 Å². The first-order chi connectivity index (χ1) is 18.2. The summed E-state index contributed by atoms with van der Waals surface area (Å²) < 4.78 is 5.43. The molecular formula is C28H32Cl2N4O4. The summed E-state index contributed by atoms with van der Waals surface area (Å²) in [6, 6.07) is 11.6. The van der Waals surface area contributed by atoms with Crippen LogP contribution in [0.1, 0.15) is 41.4 Å². The molecule has 202 valence electrons. The first kappa shape index (κ1) is 28.0. The third kappa shape index (κ3) is 5.82. The average Bonchev–Trinajstić information content (AvgIpc) is 2.90. The lowest BCUT2D eigenvalue weighted by molar-refractivity contribution is -0.139. The second-order valence-corrected chi connectivity index (χ2v) is 10.1. The third-order valence-electron chi connectivity index (χ3n) is 6.87. The Balaban J connectivity index is 1.62. The van der Waals surface area contributed by atoms with Crippen molar-refractivity contribution in [2.24, 2.45) is 0 Å². The van der Waals surface area contributed by atoms with Crippen LogP contribution in [0.2, 0.25) is 10.0 Å². The summed E-state index contributed by atoms with van der Waals surface area (Å²) in [5, 5.41) is 3.52. The van der Waals surface area contributed by atoms with Crippen LogP contribution in [0.5, 0.6) is 0 Å². The van der Waals surface area contributed by atoms with E-state index in [2.05, 4.69) is 10.2 Å². The number of esters is 1. The minimum absolute atomic E-state index is 0.000954. The maximum Gasteiger partial charge on any atom is 0.338 e. The van der Waals surface area contributed by atoms with Gasteiger partial charge >= 0.3 is 12.0 Å². The summed E-state index contributed by atoms with van der Waals surface area (Å²) in [5.74, 6) is -0.519. The van der Waals surface area contributed by atoms with Crippen molar-refractivity contribution in [3.63, 3.8) is 0 Å². The Hall–Kier alpha value is -3.07. The highest BCUT2D eigenvalue weighted by molar-refractivity contribution is 6.42. The molecule has 1 saturated heterocycles. The number of hydrogen-bond donors (Lipinski definition) is 1. The largest absolute Gasteiger partial charge is 0.463 e. The molecule has 3 amide bonds. The quantitative estimate of drug-likeness (QED) is 0.499. The van der Waals surface area contributed by atoms with Gasteiger partial charge in [0.25, 0.3) is 5.91 Å². The van der Waals surface area contributed by atoms with Crippen molar-refractivity contribution in [2.75, 3.05) is 45.9 Å². The van der Waals surface area contributed by atoms with Crippen LogP contribution in [-0.4, -0.2) is 78.5 Å². The highest BCUT2D eigenvalue weighted by atomic mass is 35.5. The molecule has 38 heavy (non-hydrogen) atoms. The van der Waals surface area contributed by atoms with Gasteiger partial charge in [0.1, 0.15) is 0 Å². The summed E-state index contributed by atoms with van der Waals surface area (Å²) in [7, 11) is 0. The number of nitrogens with zero attached hydrogens (tertiary/aromatic N) is 3. The van der Waals surface area contributed by atoms with Crippen LogP contribution in [0, 0.1) is 6.92 Å². The number of urea groups is 1. The number of likely N-dealkylation sites (N-methyl/N-ethyl adjacent to an activating group) is 1. The van der Waals surface area contributed by atoms with Gasteiger partial charge in [0.2, 0.25) is 0 Å². The SMILES string of the molecule is CCOC(=O)C1=C(CN2CCN(C(=O)c3ccc(C)cc3)CC2)N(CC)C(=O)N[C@H]1c1cccc(Cl)c1Cl. The average molecular weight is 559 g/mol.